The molecule has 1 N–H and O–H groups in total. The topological polar surface area (TPSA) is 49.4 Å². The first kappa shape index (κ1) is 44.4. The largest absolute Gasteiger partial charge is 0.456 e. The van der Waals surface area contributed by atoms with E-state index in [-0.39, 0.29) is 0 Å². The summed E-state index contributed by atoms with van der Waals surface area (Å²) in [5, 5.41) is 18.9. The van der Waals surface area contributed by atoms with Crippen molar-refractivity contribution in [2.75, 3.05) is 7.05 Å². The molecule has 0 radical (unpaired) electrons. The molecule has 1 heterocycles. The van der Waals surface area contributed by atoms with Gasteiger partial charge in [0.15, 0.2) is 0 Å². The first-order valence-corrected chi connectivity index (χ1v) is 22.2. The lowest BCUT2D eigenvalue weighted by Crippen LogP contribution is -2.23. The number of fused-ring (bicyclic) bond motifs is 7. The third-order valence-electron chi connectivity index (χ3n) is 11.4. The predicted octanol–water partition coefficient (Wildman–Crippen LogP) is 15.4. The predicted molar refractivity (Wildman–Crippen MR) is 279 cm³/mol. The maximum absolute atomic E-state index is 8.91. The fraction of sp³-hybridized carbons (Fsp3) is 0.115. The Balaban J connectivity index is 0.000000453. The van der Waals surface area contributed by atoms with Crippen LogP contribution in [-0.2, 0) is 0 Å². The number of hydrogen-bond acceptors (Lipinski definition) is 3. The molecule has 0 bridgehead atoms. The number of aliphatic imine (C=N–C) groups is 1. The highest BCUT2D eigenvalue weighted by atomic mass is 16.3. The molecule has 0 saturated carbocycles. The highest BCUT2D eigenvalue weighted by molar-refractivity contribution is 6.25. The molecule has 0 spiro atoms. The monoisotopic (exact) mass is 832 g/mol. The molecule has 316 valence electrons. The van der Waals surface area contributed by atoms with Crippen molar-refractivity contribution < 1.29 is 4.42 Å². The summed E-state index contributed by atoms with van der Waals surface area (Å²) >= 11 is 0. The van der Waals surface area contributed by atoms with Crippen LogP contribution in [0.25, 0.3) is 77.2 Å². The summed E-state index contributed by atoms with van der Waals surface area (Å²) in [6.45, 7) is 13.4. The summed E-state index contributed by atoms with van der Waals surface area (Å²) in [5.74, 6) is 0. The minimum Gasteiger partial charge on any atom is -0.456 e. The Kier molecular flexibility index (Phi) is 14.6. The summed E-state index contributed by atoms with van der Waals surface area (Å²) in [5.41, 5.74) is 12.4. The fourth-order valence-electron chi connectivity index (χ4n) is 8.45. The van der Waals surface area contributed by atoms with Gasteiger partial charge < -0.3 is 9.41 Å². The molecule has 0 atom stereocenters. The van der Waals surface area contributed by atoms with Crippen molar-refractivity contribution in [3.05, 3.63) is 227 Å². The molecular weight excluding hydrogens is 777 g/mol. The average Bonchev–Trinajstić information content (AvgIpc) is 3.73. The van der Waals surface area contributed by atoms with Gasteiger partial charge in [0.1, 0.15) is 11.0 Å². The van der Waals surface area contributed by atoms with Crippen LogP contribution in [0.2, 0.25) is 0 Å². The number of aryl methyl sites for hydroxylation is 1. The molecule has 1 aromatic heterocycles. The molecule has 0 saturated heterocycles. The zero-order valence-electron chi connectivity index (χ0n) is 37.8. The molecule has 0 aliphatic carbocycles. The SMILES string of the molecule is C/C=c1/oc2ccc(-c3ccc(-c4ccc5c6ccccc6c6ccccc6c5c4)cc3)cc2/c1=C(/CC)c1cccc(C(=N)c2ccccc2)c1.C=NC.CC.Cc1ccccc1. The van der Waals surface area contributed by atoms with Gasteiger partial charge in [0.05, 0.1) is 5.71 Å². The lowest BCUT2D eigenvalue weighted by molar-refractivity contribution is 0.574. The summed E-state index contributed by atoms with van der Waals surface area (Å²) in [7, 11) is 1.64. The smallest absolute Gasteiger partial charge is 0.135 e. The van der Waals surface area contributed by atoms with Crippen LogP contribution in [-0.4, -0.2) is 19.5 Å². The number of benzene rings is 9. The van der Waals surface area contributed by atoms with Gasteiger partial charge >= 0.3 is 0 Å². The van der Waals surface area contributed by atoms with E-state index in [4.69, 9.17) is 9.83 Å². The lowest BCUT2D eigenvalue weighted by atomic mass is 9.91. The van der Waals surface area contributed by atoms with Crippen molar-refractivity contribution >= 4 is 67.4 Å². The standard InChI is InChI=1S/C50H37NO.C7H8.C2H5N.C2H6/c1-3-39(37-15-12-16-38(29-37)50(51)34-13-6-5-7-14-34)49-46-31-36(26-28-48(46)52-47(49)4-2)33-23-21-32(22-24-33)35-25-27-44-42-19-9-8-17-40(42)41-18-10-11-20-43(41)45(44)30-35;1-7-5-3-2-4-6-7;1-3-2;1-2/h4-31,51H,3H2,1-2H3;2-6H,1H3;1H2,2H3;1-2H3/b47-4+,49-39+,51-50?;;;. The second kappa shape index (κ2) is 21.0. The van der Waals surface area contributed by atoms with Gasteiger partial charge in [0, 0.05) is 23.2 Å². The molecule has 0 amide bonds. The second-order valence-corrected chi connectivity index (χ2v) is 15.4. The maximum Gasteiger partial charge on any atom is 0.135 e. The third-order valence-corrected chi connectivity index (χ3v) is 11.4. The van der Waals surface area contributed by atoms with E-state index >= 15 is 0 Å². The number of furan rings is 1. The van der Waals surface area contributed by atoms with Crippen LogP contribution in [0.3, 0.4) is 0 Å². The van der Waals surface area contributed by atoms with E-state index in [1.807, 2.05) is 75.4 Å². The van der Waals surface area contributed by atoms with E-state index in [1.165, 1.54) is 54.6 Å². The Morgan fingerprint density at radius 3 is 1.47 bits per heavy atom. The van der Waals surface area contributed by atoms with Gasteiger partial charge in [-0.25, -0.2) is 0 Å². The molecule has 3 heteroatoms. The Labute approximate surface area is 377 Å². The Bertz CT molecular complexity index is 3290. The third kappa shape index (κ3) is 9.40. The summed E-state index contributed by atoms with van der Waals surface area (Å²) < 4.78 is 6.44. The van der Waals surface area contributed by atoms with E-state index in [1.54, 1.807) is 7.05 Å². The molecular formula is C61H56N2O. The average molecular weight is 833 g/mol. The molecule has 10 rings (SSSR count). The van der Waals surface area contributed by atoms with Crippen LogP contribution in [0.4, 0.5) is 0 Å². The van der Waals surface area contributed by atoms with Gasteiger partial charge in [-0.3, -0.25) is 5.41 Å². The number of rotatable bonds is 6. The molecule has 0 unspecified atom stereocenters. The van der Waals surface area contributed by atoms with Crippen molar-refractivity contribution in [1.82, 2.24) is 0 Å². The van der Waals surface area contributed by atoms with E-state index in [0.717, 1.165) is 55.8 Å². The minimum atomic E-state index is 0.522. The van der Waals surface area contributed by atoms with Gasteiger partial charge in [-0.05, 0) is 129 Å². The van der Waals surface area contributed by atoms with Crippen LogP contribution < -0.4 is 10.6 Å². The Hall–Kier alpha value is -7.62. The highest BCUT2D eigenvalue weighted by Crippen LogP contribution is 2.37. The van der Waals surface area contributed by atoms with Crippen molar-refractivity contribution in [1.29, 1.82) is 5.41 Å². The molecule has 10 aromatic rings. The maximum atomic E-state index is 8.91. The van der Waals surface area contributed by atoms with Crippen LogP contribution >= 0.6 is 0 Å². The van der Waals surface area contributed by atoms with Crippen LogP contribution in [0.15, 0.2) is 204 Å². The first-order valence-electron chi connectivity index (χ1n) is 22.2. The molecule has 9 aromatic carbocycles. The zero-order valence-corrected chi connectivity index (χ0v) is 37.8. The van der Waals surface area contributed by atoms with Gasteiger partial charge in [0.25, 0.3) is 0 Å². The minimum absolute atomic E-state index is 0.522. The molecule has 64 heavy (non-hydrogen) atoms. The molecule has 0 aliphatic rings. The quantitative estimate of drug-likeness (QED) is 0.132. The van der Waals surface area contributed by atoms with Gasteiger partial charge in [-0.15, -0.1) is 0 Å². The second-order valence-electron chi connectivity index (χ2n) is 15.4. The Morgan fingerprint density at radius 1 is 0.516 bits per heavy atom. The van der Waals surface area contributed by atoms with Crippen molar-refractivity contribution in [2.45, 2.75) is 41.0 Å². The molecule has 0 aliphatic heterocycles. The summed E-state index contributed by atoms with van der Waals surface area (Å²) in [6, 6.07) is 68.4. The normalized spacial score (nSPS) is 11.5. The first-order chi connectivity index (χ1) is 31.4. The fourth-order valence-corrected chi connectivity index (χ4v) is 8.45. The van der Waals surface area contributed by atoms with Crippen molar-refractivity contribution in [2.24, 2.45) is 4.99 Å². The van der Waals surface area contributed by atoms with Crippen molar-refractivity contribution in [3.63, 3.8) is 0 Å². The van der Waals surface area contributed by atoms with Gasteiger partial charge in [-0.1, -0.05) is 196 Å². The van der Waals surface area contributed by atoms with Crippen molar-refractivity contribution in [3.8, 4) is 22.3 Å². The van der Waals surface area contributed by atoms with E-state index in [2.05, 4.69) is 171 Å². The van der Waals surface area contributed by atoms with Gasteiger partial charge in [-0.2, -0.15) is 0 Å². The molecule has 0 fully saturated rings. The van der Waals surface area contributed by atoms with E-state index in [9.17, 15) is 0 Å². The van der Waals surface area contributed by atoms with Gasteiger partial charge in [0.2, 0.25) is 0 Å². The van der Waals surface area contributed by atoms with E-state index < -0.39 is 0 Å². The summed E-state index contributed by atoms with van der Waals surface area (Å²) in [4.78, 5) is 3.25. The zero-order chi connectivity index (χ0) is 45.0. The number of nitrogens with one attached hydrogen (secondary N) is 1. The van der Waals surface area contributed by atoms with E-state index in [0.29, 0.717) is 5.71 Å². The number of nitrogens with zero attached hydrogens (tertiary/aromatic N) is 1. The lowest BCUT2D eigenvalue weighted by Gasteiger charge is -2.12. The van der Waals surface area contributed by atoms with Crippen LogP contribution in [0.5, 0.6) is 0 Å². The summed E-state index contributed by atoms with van der Waals surface area (Å²) in [6.07, 6.45) is 2.89. The Morgan fingerprint density at radius 2 is 0.953 bits per heavy atom. The van der Waals surface area contributed by atoms with Crippen LogP contribution in [0, 0.1) is 12.3 Å². The molecule has 3 nitrogen and oxygen atoms in total. The van der Waals surface area contributed by atoms with Crippen LogP contribution in [0.1, 0.15) is 56.4 Å². The number of hydrogen-bond donors (Lipinski definition) is 1. The highest BCUT2D eigenvalue weighted by Gasteiger charge is 2.14.